The highest BCUT2D eigenvalue weighted by Crippen LogP contribution is 2.23. The van der Waals surface area contributed by atoms with E-state index < -0.39 is 26.8 Å². The normalized spacial score (nSPS) is 21.8. The van der Waals surface area contributed by atoms with E-state index in [0.717, 1.165) is 6.07 Å². The Morgan fingerprint density at radius 1 is 1.37 bits per heavy atom. The Morgan fingerprint density at radius 2 is 2.11 bits per heavy atom. The monoisotopic (exact) mass is 287 g/mol. The molecular weight excluding hydrogens is 273 g/mol. The first kappa shape index (κ1) is 13.8. The topological polar surface area (TPSA) is 83.5 Å². The largest absolute Gasteiger partial charge is 0.508 e. The van der Waals surface area contributed by atoms with E-state index >= 15 is 0 Å². The third kappa shape index (κ3) is 3.04. The van der Waals surface area contributed by atoms with Crippen LogP contribution in [0.3, 0.4) is 0 Å². The van der Waals surface area contributed by atoms with Gasteiger partial charge in [0, 0.05) is 6.07 Å². The molecular formula is C12H14FNO4S. The van der Waals surface area contributed by atoms with E-state index in [9.17, 15) is 17.6 Å². The quantitative estimate of drug-likeness (QED) is 0.806. The lowest BCUT2D eigenvalue weighted by molar-refractivity contribution is -0.116. The molecule has 5 nitrogen and oxygen atoms in total. The lowest BCUT2D eigenvalue weighted by Gasteiger charge is -2.21. The summed E-state index contributed by atoms with van der Waals surface area (Å²) in [6.07, 6.45) is 1.48. The van der Waals surface area contributed by atoms with Crippen molar-refractivity contribution in [3.8, 4) is 5.75 Å². The van der Waals surface area contributed by atoms with Crippen LogP contribution in [0, 0.1) is 5.82 Å². The Balaban J connectivity index is 2.17. The van der Waals surface area contributed by atoms with Crippen LogP contribution >= 0.6 is 0 Å². The fourth-order valence-corrected chi connectivity index (χ4v) is 3.87. The van der Waals surface area contributed by atoms with E-state index in [4.69, 9.17) is 5.11 Å². The number of nitrogens with one attached hydrogen (secondary N) is 1. The first-order chi connectivity index (χ1) is 8.90. The molecule has 19 heavy (non-hydrogen) atoms. The van der Waals surface area contributed by atoms with Gasteiger partial charge in [0.2, 0.25) is 5.91 Å². The van der Waals surface area contributed by atoms with Crippen molar-refractivity contribution in [2.45, 2.75) is 24.5 Å². The molecule has 0 spiro atoms. The first-order valence-corrected chi connectivity index (χ1v) is 7.62. The lowest BCUT2D eigenvalue weighted by atomic mass is 10.1. The van der Waals surface area contributed by atoms with Crippen LogP contribution in [0.15, 0.2) is 18.2 Å². The van der Waals surface area contributed by atoms with Crippen molar-refractivity contribution < 1.29 is 22.7 Å². The minimum atomic E-state index is -3.45. The van der Waals surface area contributed by atoms with Crippen molar-refractivity contribution in [1.82, 2.24) is 0 Å². The number of rotatable bonds is 2. The predicted octanol–water partition coefficient (Wildman–Crippen LogP) is 1.44. The third-order valence-electron chi connectivity index (χ3n) is 3.08. The van der Waals surface area contributed by atoms with Gasteiger partial charge < -0.3 is 10.4 Å². The van der Waals surface area contributed by atoms with Gasteiger partial charge >= 0.3 is 0 Å². The van der Waals surface area contributed by atoms with Gasteiger partial charge in [0.25, 0.3) is 0 Å². The molecule has 1 atom stereocenters. The number of phenols is 1. The molecule has 0 aromatic heterocycles. The number of aromatic hydroxyl groups is 1. The summed E-state index contributed by atoms with van der Waals surface area (Å²) in [6, 6.07) is 3.26. The molecule has 1 heterocycles. The summed E-state index contributed by atoms with van der Waals surface area (Å²) in [6.45, 7) is 0. The summed E-state index contributed by atoms with van der Waals surface area (Å²) in [5.41, 5.74) is -0.136. The van der Waals surface area contributed by atoms with Crippen LogP contribution in [0.5, 0.6) is 5.75 Å². The summed E-state index contributed by atoms with van der Waals surface area (Å²) >= 11 is 0. The Kier molecular flexibility index (Phi) is 3.75. The summed E-state index contributed by atoms with van der Waals surface area (Å²) in [7, 11) is -3.45. The van der Waals surface area contributed by atoms with Crippen molar-refractivity contribution in [1.29, 1.82) is 0 Å². The molecule has 0 bridgehead atoms. The number of sulfone groups is 1. The number of anilines is 1. The zero-order chi connectivity index (χ0) is 14.0. The molecule has 0 radical (unpaired) electrons. The molecule has 0 saturated carbocycles. The van der Waals surface area contributed by atoms with E-state index in [-0.39, 0.29) is 23.6 Å². The Labute approximate surface area is 110 Å². The number of phenolic OH excluding ortho intramolecular Hbond substituents is 1. The summed E-state index contributed by atoms with van der Waals surface area (Å²) in [5.74, 6) is -1.80. The van der Waals surface area contributed by atoms with Crippen molar-refractivity contribution in [3.05, 3.63) is 24.0 Å². The van der Waals surface area contributed by atoms with Crippen LogP contribution in [0.25, 0.3) is 0 Å². The molecule has 1 unspecified atom stereocenters. The molecule has 0 aliphatic carbocycles. The zero-order valence-corrected chi connectivity index (χ0v) is 10.9. The molecule has 2 N–H and O–H groups in total. The number of halogens is 1. The van der Waals surface area contributed by atoms with Crippen molar-refractivity contribution in [3.63, 3.8) is 0 Å². The highest BCUT2D eigenvalue weighted by atomic mass is 32.2. The van der Waals surface area contributed by atoms with Crippen molar-refractivity contribution in [2.24, 2.45) is 0 Å². The maximum absolute atomic E-state index is 13.4. The SMILES string of the molecule is O=C(Nc1ccc(O)cc1F)C1CCCCS1(=O)=O. The van der Waals surface area contributed by atoms with Gasteiger partial charge in [0.15, 0.2) is 9.84 Å². The number of amides is 1. The van der Waals surface area contributed by atoms with Gasteiger partial charge in [-0.1, -0.05) is 6.42 Å². The number of hydrogen-bond donors (Lipinski definition) is 2. The molecule has 104 valence electrons. The minimum absolute atomic E-state index is 0.0108. The fraction of sp³-hybridized carbons (Fsp3) is 0.417. The number of benzene rings is 1. The van der Waals surface area contributed by atoms with Crippen LogP contribution in [0.1, 0.15) is 19.3 Å². The van der Waals surface area contributed by atoms with E-state index in [1.165, 1.54) is 12.1 Å². The van der Waals surface area contributed by atoms with Crippen LogP contribution in [0.4, 0.5) is 10.1 Å². The predicted molar refractivity (Wildman–Crippen MR) is 68.1 cm³/mol. The van der Waals surface area contributed by atoms with Crippen LogP contribution < -0.4 is 5.32 Å². The smallest absolute Gasteiger partial charge is 0.242 e. The Bertz CT molecular complexity index is 600. The Morgan fingerprint density at radius 3 is 2.74 bits per heavy atom. The maximum atomic E-state index is 13.4. The maximum Gasteiger partial charge on any atom is 0.242 e. The molecule has 7 heteroatoms. The van der Waals surface area contributed by atoms with E-state index in [0.29, 0.717) is 12.8 Å². The summed E-state index contributed by atoms with van der Waals surface area (Å²) in [4.78, 5) is 11.9. The number of carbonyl (C=O) groups is 1. The molecule has 1 aromatic carbocycles. The van der Waals surface area contributed by atoms with Gasteiger partial charge in [0.05, 0.1) is 11.4 Å². The Hall–Kier alpha value is -1.63. The molecule has 1 aliphatic heterocycles. The molecule has 1 amide bonds. The molecule has 1 aliphatic rings. The van der Waals surface area contributed by atoms with Gasteiger partial charge in [-0.15, -0.1) is 0 Å². The average Bonchev–Trinajstić information content (AvgIpc) is 2.32. The summed E-state index contributed by atoms with van der Waals surface area (Å²) in [5, 5.41) is 10.2. The van der Waals surface area contributed by atoms with Crippen LogP contribution in [-0.2, 0) is 14.6 Å². The molecule has 2 rings (SSSR count). The third-order valence-corrected chi connectivity index (χ3v) is 5.26. The van der Waals surface area contributed by atoms with Gasteiger partial charge in [-0.25, -0.2) is 12.8 Å². The highest BCUT2D eigenvalue weighted by Gasteiger charge is 2.35. The first-order valence-electron chi connectivity index (χ1n) is 5.91. The second-order valence-corrected chi connectivity index (χ2v) is 6.81. The van der Waals surface area contributed by atoms with Gasteiger partial charge in [-0.05, 0) is 25.0 Å². The molecule has 1 saturated heterocycles. The average molecular weight is 287 g/mol. The van der Waals surface area contributed by atoms with Crippen LogP contribution in [0.2, 0.25) is 0 Å². The van der Waals surface area contributed by atoms with Gasteiger partial charge in [-0.3, -0.25) is 4.79 Å². The standard InChI is InChI=1S/C12H14FNO4S/c13-9-7-8(15)4-5-10(9)14-12(16)11-3-1-2-6-19(11,17)18/h4-5,7,11,15H,1-3,6H2,(H,14,16). The highest BCUT2D eigenvalue weighted by molar-refractivity contribution is 7.92. The summed E-state index contributed by atoms with van der Waals surface area (Å²) < 4.78 is 37.0. The molecule has 1 fully saturated rings. The lowest BCUT2D eigenvalue weighted by Crippen LogP contribution is -2.39. The fourth-order valence-electron chi connectivity index (χ4n) is 2.07. The number of carbonyl (C=O) groups excluding carboxylic acids is 1. The van der Waals surface area contributed by atoms with Gasteiger partial charge in [-0.2, -0.15) is 0 Å². The van der Waals surface area contributed by atoms with E-state index in [2.05, 4.69) is 5.32 Å². The number of hydrogen-bond acceptors (Lipinski definition) is 4. The zero-order valence-electron chi connectivity index (χ0n) is 10.1. The second kappa shape index (κ2) is 5.16. The van der Waals surface area contributed by atoms with E-state index in [1.807, 2.05) is 0 Å². The molecule has 1 aromatic rings. The van der Waals surface area contributed by atoms with Gasteiger partial charge in [0.1, 0.15) is 16.8 Å². The van der Waals surface area contributed by atoms with Crippen molar-refractivity contribution >= 4 is 21.4 Å². The van der Waals surface area contributed by atoms with Crippen molar-refractivity contribution in [2.75, 3.05) is 11.1 Å². The van der Waals surface area contributed by atoms with E-state index in [1.54, 1.807) is 0 Å². The van der Waals surface area contributed by atoms with Crippen LogP contribution in [-0.4, -0.2) is 30.4 Å². The second-order valence-electron chi connectivity index (χ2n) is 4.50. The minimum Gasteiger partial charge on any atom is -0.508 e.